The highest BCUT2D eigenvalue weighted by Gasteiger charge is 2.26. The van der Waals surface area contributed by atoms with Crippen molar-refractivity contribution in [3.63, 3.8) is 0 Å². The van der Waals surface area contributed by atoms with Gasteiger partial charge in [-0.3, -0.25) is 0 Å². The van der Waals surface area contributed by atoms with Crippen LogP contribution in [-0.4, -0.2) is 59.5 Å². The lowest BCUT2D eigenvalue weighted by Crippen LogP contribution is -2.20. The fraction of sp³-hybridized carbons (Fsp3) is 0.419. The zero-order valence-electron chi connectivity index (χ0n) is 44.5. The molecule has 7 heteroatoms. The second kappa shape index (κ2) is 23.6. The lowest BCUT2D eigenvalue weighted by Gasteiger charge is -2.29. The Morgan fingerprint density at radius 3 is 1.38 bits per heavy atom. The predicted octanol–water partition coefficient (Wildman–Crippen LogP) is 14.4. The molecule has 0 fully saturated rings. The van der Waals surface area contributed by atoms with Crippen molar-refractivity contribution in [2.75, 3.05) is 40.1 Å². The molecule has 0 bridgehead atoms. The van der Waals surface area contributed by atoms with Gasteiger partial charge < -0.3 is 33.6 Å². The molecule has 0 atom stereocenters. The molecule has 0 aliphatic carbocycles. The number of rotatable bonds is 13. The van der Waals surface area contributed by atoms with E-state index < -0.39 is 11.2 Å². The van der Waals surface area contributed by atoms with Crippen molar-refractivity contribution >= 4 is 43.6 Å². The average Bonchev–Trinajstić information content (AvgIpc) is 3.75. The molecular formula is C62H82N2O5. The van der Waals surface area contributed by atoms with E-state index in [4.69, 9.17) is 14.2 Å². The van der Waals surface area contributed by atoms with Crippen LogP contribution in [0, 0.1) is 12.8 Å². The van der Waals surface area contributed by atoms with E-state index in [2.05, 4.69) is 188 Å². The maximum atomic E-state index is 9.80. The van der Waals surface area contributed by atoms with Gasteiger partial charge in [0.1, 0.15) is 0 Å². The van der Waals surface area contributed by atoms with Gasteiger partial charge in [0, 0.05) is 76.8 Å². The number of aliphatic hydroxyl groups is 2. The van der Waals surface area contributed by atoms with Crippen LogP contribution >= 0.6 is 0 Å². The van der Waals surface area contributed by atoms with Gasteiger partial charge in [0.2, 0.25) is 0 Å². The summed E-state index contributed by atoms with van der Waals surface area (Å²) in [6.45, 7) is 28.5. The topological polar surface area (TPSA) is 78.0 Å². The van der Waals surface area contributed by atoms with E-state index in [0.717, 1.165) is 30.1 Å². The summed E-state index contributed by atoms with van der Waals surface area (Å²) in [5.74, 6) is 0.717. The van der Waals surface area contributed by atoms with Gasteiger partial charge in [-0.15, -0.1) is 0 Å². The van der Waals surface area contributed by atoms with Crippen LogP contribution in [0.1, 0.15) is 116 Å². The minimum atomic E-state index is -0.860. The van der Waals surface area contributed by atoms with Gasteiger partial charge in [0.15, 0.2) is 0 Å². The van der Waals surface area contributed by atoms with Crippen molar-refractivity contribution in [1.29, 1.82) is 0 Å². The third kappa shape index (κ3) is 14.4. The molecule has 8 rings (SSSR count). The molecule has 6 aromatic carbocycles. The van der Waals surface area contributed by atoms with Crippen molar-refractivity contribution in [2.45, 2.75) is 112 Å². The lowest BCUT2D eigenvalue weighted by atomic mass is 9.75. The van der Waals surface area contributed by atoms with Gasteiger partial charge >= 0.3 is 0 Å². The van der Waals surface area contributed by atoms with Crippen LogP contribution in [-0.2, 0) is 50.3 Å². The fourth-order valence-electron chi connectivity index (χ4n) is 8.44. The van der Waals surface area contributed by atoms with E-state index in [1.54, 1.807) is 34.8 Å². The average molecular weight is 935 g/mol. The number of hydrogen-bond donors (Lipinski definition) is 2. The van der Waals surface area contributed by atoms with E-state index in [9.17, 15) is 10.2 Å². The molecule has 0 radical (unpaired) electrons. The summed E-state index contributed by atoms with van der Waals surface area (Å²) in [5, 5.41) is 25.0. The SMILES string of the molecule is CC(C)(O)c1cccc(C(C)(C)O)c1.COCCOCCOCCC(C)C.Cc1ccc2c(c1)c1cc(C(C)(C)c3cccc(C(C)(C)C)c3)ccc1n2C.Cn1c2ccccc2c2ccccc21. The Balaban J connectivity index is 0.000000184. The zero-order chi connectivity index (χ0) is 50.7. The number of methoxy groups -OCH3 is 1. The third-order valence-corrected chi connectivity index (χ3v) is 13.1. The van der Waals surface area contributed by atoms with Crippen molar-refractivity contribution < 1.29 is 24.4 Å². The first kappa shape index (κ1) is 54.7. The highest BCUT2D eigenvalue weighted by molar-refractivity contribution is 6.09. The maximum absolute atomic E-state index is 9.80. The molecule has 8 aromatic rings. The lowest BCUT2D eigenvalue weighted by molar-refractivity contribution is 0.0226. The minimum absolute atomic E-state index is 0.0541. The quantitative estimate of drug-likeness (QED) is 0.113. The van der Waals surface area contributed by atoms with E-state index in [-0.39, 0.29) is 10.8 Å². The van der Waals surface area contributed by atoms with Crippen LogP contribution in [0.3, 0.4) is 0 Å². The van der Waals surface area contributed by atoms with Gasteiger partial charge in [-0.2, -0.15) is 0 Å². The van der Waals surface area contributed by atoms with E-state index in [1.807, 2.05) is 24.3 Å². The monoisotopic (exact) mass is 935 g/mol. The largest absolute Gasteiger partial charge is 0.386 e. The number of benzene rings is 6. The van der Waals surface area contributed by atoms with Gasteiger partial charge in [-0.25, -0.2) is 0 Å². The maximum Gasteiger partial charge on any atom is 0.0840 e. The second-order valence-electron chi connectivity index (χ2n) is 21.5. The molecule has 69 heavy (non-hydrogen) atoms. The molecule has 0 unspecified atom stereocenters. The third-order valence-electron chi connectivity index (χ3n) is 13.1. The van der Waals surface area contributed by atoms with E-state index in [1.165, 1.54) is 65.9 Å². The molecule has 370 valence electrons. The molecule has 0 amide bonds. The highest BCUT2D eigenvalue weighted by Crippen LogP contribution is 2.38. The molecule has 0 spiro atoms. The molecule has 0 aliphatic heterocycles. The number of aromatic nitrogens is 2. The van der Waals surface area contributed by atoms with E-state index in [0.29, 0.717) is 26.4 Å². The summed E-state index contributed by atoms with van der Waals surface area (Å²) in [4.78, 5) is 0. The summed E-state index contributed by atoms with van der Waals surface area (Å²) in [6.07, 6.45) is 1.12. The Morgan fingerprint density at radius 1 is 0.449 bits per heavy atom. The summed E-state index contributed by atoms with van der Waals surface area (Å²) >= 11 is 0. The smallest absolute Gasteiger partial charge is 0.0840 e. The zero-order valence-corrected chi connectivity index (χ0v) is 44.5. The normalized spacial score (nSPS) is 12.2. The van der Waals surface area contributed by atoms with Crippen LogP contribution < -0.4 is 0 Å². The number of ether oxygens (including phenoxy) is 3. The number of nitrogens with zero attached hydrogens (tertiary/aromatic N) is 2. The van der Waals surface area contributed by atoms with Crippen LogP contribution in [0.4, 0.5) is 0 Å². The molecule has 0 aliphatic rings. The van der Waals surface area contributed by atoms with Crippen molar-refractivity contribution in [2.24, 2.45) is 20.0 Å². The summed E-state index contributed by atoms with van der Waals surface area (Å²) in [7, 11) is 5.95. The first-order valence-corrected chi connectivity index (χ1v) is 24.7. The first-order valence-electron chi connectivity index (χ1n) is 24.7. The summed E-state index contributed by atoms with van der Waals surface area (Å²) in [5.41, 5.74) is 10.6. The molecule has 2 N–H and O–H groups in total. The molecule has 7 nitrogen and oxygen atoms in total. The molecular weight excluding hydrogens is 853 g/mol. The van der Waals surface area contributed by atoms with Gasteiger partial charge in [-0.1, -0.05) is 151 Å². The van der Waals surface area contributed by atoms with Gasteiger partial charge in [-0.05, 0) is 117 Å². The highest BCUT2D eigenvalue weighted by atomic mass is 16.5. The van der Waals surface area contributed by atoms with Crippen molar-refractivity contribution in [3.8, 4) is 0 Å². The van der Waals surface area contributed by atoms with Crippen LogP contribution in [0.2, 0.25) is 0 Å². The van der Waals surface area contributed by atoms with E-state index >= 15 is 0 Å². The second-order valence-corrected chi connectivity index (χ2v) is 21.5. The van der Waals surface area contributed by atoms with Gasteiger partial charge in [0.05, 0.1) is 37.6 Å². The molecule has 0 saturated carbocycles. The van der Waals surface area contributed by atoms with Crippen LogP contribution in [0.15, 0.2) is 133 Å². The number of fused-ring (bicyclic) bond motifs is 6. The number of hydrogen-bond acceptors (Lipinski definition) is 5. The van der Waals surface area contributed by atoms with Crippen LogP contribution in [0.25, 0.3) is 43.6 Å². The minimum Gasteiger partial charge on any atom is -0.386 e. The summed E-state index contributed by atoms with van der Waals surface area (Å²) in [6, 6.07) is 47.3. The summed E-state index contributed by atoms with van der Waals surface area (Å²) < 4.78 is 20.0. The van der Waals surface area contributed by atoms with Gasteiger partial charge in [0.25, 0.3) is 0 Å². The Kier molecular flexibility index (Phi) is 18.7. The van der Waals surface area contributed by atoms with Crippen LogP contribution in [0.5, 0.6) is 0 Å². The predicted molar refractivity (Wildman–Crippen MR) is 293 cm³/mol. The number of aryl methyl sites for hydroxylation is 3. The Morgan fingerprint density at radius 2 is 0.870 bits per heavy atom. The molecule has 2 heterocycles. The molecule has 0 saturated heterocycles. The fourth-order valence-corrected chi connectivity index (χ4v) is 8.44. The Labute approximate surface area is 414 Å². The molecule has 2 aromatic heterocycles. The van der Waals surface area contributed by atoms with Crippen molar-refractivity contribution in [1.82, 2.24) is 9.13 Å². The Hall–Kier alpha value is -5.28. The standard InChI is InChI=1S/C27H31N.C13H11N.C12H18O2.C10H22O3/c1-18-11-13-24-22(15-18)23-17-21(12-14-25(23)28(24)7)27(5,6)20-10-8-9-19(16-20)26(2,3)4;1-14-12-8-4-2-6-10(12)11-7-3-5-9-13(11)14;1-11(2,13)9-6-5-7-10(8-9)12(3,4)14;1-10(2)4-5-12-8-9-13-7-6-11-3/h8-17H,1-7H3;2-9H,1H3;5-8,13-14H,1-4H3;10H,4-9H2,1-3H3. The Bertz CT molecular complexity index is 2800. The van der Waals surface area contributed by atoms with Crippen molar-refractivity contribution in [3.05, 3.63) is 167 Å². The first-order chi connectivity index (χ1) is 32.4. The number of para-hydroxylation sites is 2.